The summed E-state index contributed by atoms with van der Waals surface area (Å²) >= 11 is 3.39. The molecule has 0 unspecified atom stereocenters. The van der Waals surface area contributed by atoms with Gasteiger partial charge in [-0.15, -0.1) is 22.7 Å². The number of aryl methyl sites for hydroxylation is 20. The monoisotopic (exact) mass is 1040 g/mol. The van der Waals surface area contributed by atoms with Crippen molar-refractivity contribution in [2.45, 2.75) is 138 Å². The Bertz CT molecular complexity index is 2360. The predicted octanol–water partition coefficient (Wildman–Crippen LogP) is 14.7. The number of aromatic nitrogens is 13. The average Bonchev–Trinajstić information content (AvgIpc) is 4.27. The van der Waals surface area contributed by atoms with Crippen LogP contribution in [0.2, 0.25) is 0 Å². The topological polar surface area (TPSA) is 189 Å². The van der Waals surface area contributed by atoms with Crippen LogP contribution in [0.15, 0.2) is 114 Å². The Balaban J connectivity index is 0.000000411. The van der Waals surface area contributed by atoms with E-state index in [0.29, 0.717) is 0 Å². The van der Waals surface area contributed by atoms with Crippen LogP contribution in [0.3, 0.4) is 0 Å². The minimum atomic E-state index is 0.903. The van der Waals surface area contributed by atoms with Gasteiger partial charge in [0.15, 0.2) is 0 Å². The normalized spacial score (nSPS) is 9.35. The van der Waals surface area contributed by atoms with Gasteiger partial charge in [0.25, 0.3) is 0 Å². The molecule has 10 aromatic rings. The van der Waals surface area contributed by atoms with Crippen molar-refractivity contribution >= 4 is 22.7 Å². The number of nitrogens with one attached hydrogen (secondary N) is 3. The summed E-state index contributed by atoms with van der Waals surface area (Å²) in [6, 6.07) is 14.4. The molecule has 0 aliphatic heterocycles. The van der Waals surface area contributed by atoms with E-state index in [-0.39, 0.29) is 0 Å². The molecular formula is C58H81N13OS2. The molecule has 14 nitrogen and oxygen atoms in total. The Hall–Kier alpha value is -7.30. The molecule has 10 rings (SSSR count). The Labute approximate surface area is 449 Å². The number of aromatic amines is 3. The van der Waals surface area contributed by atoms with Crippen molar-refractivity contribution in [3.8, 4) is 0 Å². The van der Waals surface area contributed by atoms with Gasteiger partial charge in [-0.2, -0.15) is 15.3 Å². The summed E-state index contributed by atoms with van der Waals surface area (Å²) in [5.74, 6) is 0.903. The molecular weight excluding hydrogens is 959 g/mol. The lowest BCUT2D eigenvalue weighted by Crippen LogP contribution is -1.87. The zero-order chi connectivity index (χ0) is 55.6. The van der Waals surface area contributed by atoms with Gasteiger partial charge in [-0.05, 0) is 195 Å². The second kappa shape index (κ2) is 36.6. The summed E-state index contributed by atoms with van der Waals surface area (Å²) in [7, 11) is 0. The largest absolute Gasteiger partial charge is 0.361 e. The van der Waals surface area contributed by atoms with Crippen LogP contribution in [-0.4, -0.2) is 65.7 Å². The predicted molar refractivity (Wildman–Crippen MR) is 308 cm³/mol. The molecule has 0 fully saturated rings. The van der Waals surface area contributed by atoms with Gasteiger partial charge in [-0.1, -0.05) is 35.5 Å². The standard InChI is InChI=1S/C8H10.2C7H9N.C6H8N2.3C5H8N2.C5H7NO.2C5H7NS/c1-7-5-3-4-6-8(7)2;1-6-3-4-8-5-7(6)2;1-6-4-3-5-8-7(6)2;1-5-6(2)8-4-3-7-5;4*1-4-3-6-7-5(4)2;2*1-4-5(2)7-3-6-4/h3-6H,1-2H3;2*3-5H,1-2H3;3-4H,1-2H3;3*3H,1-2H3,(H,6,7);3*3H,1-2H3. The van der Waals surface area contributed by atoms with E-state index in [4.69, 9.17) is 4.52 Å². The fourth-order valence-corrected chi connectivity index (χ4v) is 5.73. The highest BCUT2D eigenvalue weighted by Crippen LogP contribution is 2.09. The molecule has 0 aliphatic rings. The molecule has 0 aliphatic carbocycles. The molecule has 396 valence electrons. The molecule has 3 N–H and O–H groups in total. The van der Waals surface area contributed by atoms with Crippen LogP contribution in [0, 0.1) is 138 Å². The van der Waals surface area contributed by atoms with Crippen LogP contribution in [0.5, 0.6) is 0 Å². The maximum Gasteiger partial charge on any atom is 0.136 e. The maximum absolute atomic E-state index is 4.71. The minimum Gasteiger partial charge on any atom is -0.361 e. The number of pyridine rings is 2. The third-order valence-electron chi connectivity index (χ3n) is 11.3. The first kappa shape index (κ1) is 64.7. The van der Waals surface area contributed by atoms with E-state index >= 15 is 0 Å². The first-order valence-corrected chi connectivity index (χ1v) is 25.8. The van der Waals surface area contributed by atoms with Gasteiger partial charge in [0.1, 0.15) is 5.76 Å². The van der Waals surface area contributed by atoms with Crippen LogP contribution in [0.1, 0.15) is 111 Å². The van der Waals surface area contributed by atoms with Crippen LogP contribution < -0.4 is 0 Å². The summed E-state index contributed by atoms with van der Waals surface area (Å²) in [5, 5.41) is 23.4. The van der Waals surface area contributed by atoms with Crippen molar-refractivity contribution in [1.82, 2.24) is 65.7 Å². The van der Waals surface area contributed by atoms with Gasteiger partial charge in [0.2, 0.25) is 0 Å². The summed E-state index contributed by atoms with van der Waals surface area (Å²) in [5.41, 5.74) is 24.0. The maximum atomic E-state index is 4.71. The number of hydrogen-bond donors (Lipinski definition) is 3. The fourth-order valence-electron chi connectivity index (χ4n) is 4.55. The average molecular weight is 1040 g/mol. The molecule has 0 saturated heterocycles. The van der Waals surface area contributed by atoms with Crippen LogP contribution >= 0.6 is 22.7 Å². The van der Waals surface area contributed by atoms with Crippen molar-refractivity contribution < 1.29 is 4.52 Å². The third kappa shape index (κ3) is 28.1. The van der Waals surface area contributed by atoms with E-state index in [0.717, 1.165) is 56.9 Å². The Morgan fingerprint density at radius 3 is 0.919 bits per heavy atom. The second-order valence-corrected chi connectivity index (χ2v) is 19.4. The highest BCUT2D eigenvalue weighted by atomic mass is 32.1. The highest BCUT2D eigenvalue weighted by Gasteiger charge is 1.93. The van der Waals surface area contributed by atoms with E-state index in [1.807, 2.05) is 150 Å². The zero-order valence-electron chi connectivity index (χ0n) is 47.6. The molecule has 9 aromatic heterocycles. The molecule has 9 heterocycles. The molecule has 0 saturated carbocycles. The van der Waals surface area contributed by atoms with Crippen molar-refractivity contribution in [2.24, 2.45) is 0 Å². The molecule has 0 bridgehead atoms. The second-order valence-electron chi connectivity index (χ2n) is 17.3. The van der Waals surface area contributed by atoms with Crippen molar-refractivity contribution in [1.29, 1.82) is 0 Å². The molecule has 0 amide bonds. The van der Waals surface area contributed by atoms with Crippen molar-refractivity contribution in [3.63, 3.8) is 0 Å². The van der Waals surface area contributed by atoms with Crippen molar-refractivity contribution in [2.75, 3.05) is 0 Å². The lowest BCUT2D eigenvalue weighted by molar-refractivity contribution is 0.396. The van der Waals surface area contributed by atoms with Gasteiger partial charge in [-0.25, -0.2) is 9.97 Å². The van der Waals surface area contributed by atoms with Gasteiger partial charge >= 0.3 is 0 Å². The third-order valence-corrected chi connectivity index (χ3v) is 13.1. The Morgan fingerprint density at radius 2 is 0.743 bits per heavy atom. The van der Waals surface area contributed by atoms with Gasteiger partial charge in [0.05, 0.1) is 58.6 Å². The SMILES string of the molecule is Cc1ccccc1C.Cc1cccnc1C.Cc1ccncc1C.Cc1cn[nH]c1C.Cc1cn[nH]c1C.Cc1cn[nH]c1C.Cc1cnoc1C.Cc1nccnc1C.Cc1ncsc1C.Cc1ncsc1C. The Morgan fingerprint density at radius 1 is 0.338 bits per heavy atom. The highest BCUT2D eigenvalue weighted by molar-refractivity contribution is 7.09. The minimum absolute atomic E-state index is 0.903. The number of thiazole rings is 2. The molecule has 0 atom stereocenters. The molecule has 0 radical (unpaired) electrons. The summed E-state index contributed by atoms with van der Waals surface area (Å²) in [6.07, 6.45) is 16.0. The van der Waals surface area contributed by atoms with Crippen LogP contribution in [-0.2, 0) is 0 Å². The van der Waals surface area contributed by atoms with E-state index in [9.17, 15) is 0 Å². The van der Waals surface area contributed by atoms with Crippen LogP contribution in [0.25, 0.3) is 0 Å². The lowest BCUT2D eigenvalue weighted by atomic mass is 10.1. The molecule has 1 aromatic carbocycles. The smallest absolute Gasteiger partial charge is 0.136 e. The first-order valence-electron chi connectivity index (χ1n) is 24.1. The number of nitrogens with zero attached hydrogens (tertiary/aromatic N) is 10. The molecule has 16 heteroatoms. The van der Waals surface area contributed by atoms with E-state index in [2.05, 4.69) is 144 Å². The summed E-state index contributed by atoms with van der Waals surface area (Å²) in [6.45, 7) is 40.5. The quantitative estimate of drug-likeness (QED) is 0.131. The van der Waals surface area contributed by atoms with E-state index in [1.54, 1.807) is 41.3 Å². The first-order chi connectivity index (χ1) is 35.0. The molecule has 74 heavy (non-hydrogen) atoms. The van der Waals surface area contributed by atoms with E-state index < -0.39 is 0 Å². The number of hydrogen-bond acceptors (Lipinski definition) is 13. The van der Waals surface area contributed by atoms with Gasteiger partial charge in [0, 0.05) is 69.1 Å². The van der Waals surface area contributed by atoms with Gasteiger partial charge in [-0.3, -0.25) is 35.2 Å². The zero-order valence-corrected chi connectivity index (χ0v) is 49.2. The summed E-state index contributed by atoms with van der Waals surface area (Å²) in [4.78, 5) is 26.8. The van der Waals surface area contributed by atoms with Gasteiger partial charge < -0.3 is 4.52 Å². The number of benzene rings is 1. The fraction of sp³-hybridized carbons (Fsp3) is 0.345. The summed E-state index contributed by atoms with van der Waals surface area (Å²) < 4.78 is 4.71. The van der Waals surface area contributed by atoms with E-state index in [1.165, 1.54) is 54.3 Å². The lowest BCUT2D eigenvalue weighted by Gasteiger charge is -1.93. The van der Waals surface area contributed by atoms with Crippen molar-refractivity contribution in [3.05, 3.63) is 220 Å². The number of H-pyrrole nitrogens is 3. The van der Waals surface area contributed by atoms with Crippen LogP contribution in [0.4, 0.5) is 0 Å². The Kier molecular flexibility index (Phi) is 32.0. The molecule has 0 spiro atoms. The number of rotatable bonds is 0.